The quantitative estimate of drug-likeness (QED) is 0.524. The average molecular weight is 277 g/mol. The van der Waals surface area contributed by atoms with Gasteiger partial charge in [0.2, 0.25) is 0 Å². The summed E-state index contributed by atoms with van der Waals surface area (Å²) in [5.41, 5.74) is 7.60. The first-order valence-electron chi connectivity index (χ1n) is 4.19. The summed E-state index contributed by atoms with van der Waals surface area (Å²) in [4.78, 5) is 11.5. The second-order valence-corrected chi connectivity index (χ2v) is 4.63. The number of nitrogens with two attached hydrogens (primary N) is 1. The van der Waals surface area contributed by atoms with Gasteiger partial charge in [0.25, 0.3) is 0 Å². The molecule has 0 bridgehead atoms. The van der Waals surface area contributed by atoms with Gasteiger partial charge in [-0.2, -0.15) is 0 Å². The molecule has 0 fully saturated rings. The minimum Gasteiger partial charge on any atom is -0.398 e. The van der Waals surface area contributed by atoms with E-state index in [0.29, 0.717) is 16.8 Å². The number of carbonyl (C=O) groups excluding carboxylic acids is 1. The molecule has 1 aromatic carbocycles. The van der Waals surface area contributed by atoms with Crippen molar-refractivity contribution in [1.29, 1.82) is 0 Å². The number of hydrogen-bond acceptors (Lipinski definition) is 2. The predicted molar refractivity (Wildman–Crippen MR) is 63.1 cm³/mol. The maximum atomic E-state index is 11.7. The Hall–Kier alpha value is -0.540. The van der Waals surface area contributed by atoms with Crippen LogP contribution in [0.3, 0.4) is 0 Å². The van der Waals surface area contributed by atoms with Crippen molar-refractivity contribution >= 4 is 39.0 Å². The zero-order chi connectivity index (χ0) is 10.7. The highest BCUT2D eigenvalue weighted by atomic mass is 79.9. The number of alkyl halides is 2. The van der Waals surface area contributed by atoms with Crippen molar-refractivity contribution in [3.63, 3.8) is 0 Å². The van der Waals surface area contributed by atoms with Crippen LogP contribution in [0.5, 0.6) is 0 Å². The van der Waals surface area contributed by atoms with Crippen molar-refractivity contribution in [1.82, 2.24) is 0 Å². The number of carbonyl (C=O) groups is 1. The van der Waals surface area contributed by atoms with E-state index in [1.807, 2.05) is 0 Å². The van der Waals surface area contributed by atoms with Crippen molar-refractivity contribution < 1.29 is 4.79 Å². The zero-order valence-corrected chi connectivity index (χ0v) is 10.1. The van der Waals surface area contributed by atoms with Crippen LogP contribution < -0.4 is 5.73 Å². The number of ketones is 1. The summed E-state index contributed by atoms with van der Waals surface area (Å²) < 4.78 is 0. The van der Waals surface area contributed by atoms with E-state index in [9.17, 15) is 4.79 Å². The standard InChI is InChI=1S/C10H11BrClNO/c1-6(11)10(14)7-3-2-4-9(13)8(7)5-12/h2-4,6H,5,13H2,1H3. The molecule has 0 aliphatic rings. The van der Waals surface area contributed by atoms with Gasteiger partial charge in [-0.05, 0) is 13.0 Å². The molecule has 1 aromatic rings. The van der Waals surface area contributed by atoms with E-state index in [1.165, 1.54) is 0 Å². The molecular formula is C10H11BrClNO. The second-order valence-electron chi connectivity index (χ2n) is 2.99. The first-order valence-corrected chi connectivity index (χ1v) is 5.64. The molecule has 2 N–H and O–H groups in total. The minimum absolute atomic E-state index is 0.00736. The molecule has 0 radical (unpaired) electrons. The van der Waals surface area contributed by atoms with Crippen molar-refractivity contribution in [2.75, 3.05) is 5.73 Å². The molecular weight excluding hydrogens is 265 g/mol. The van der Waals surface area contributed by atoms with Crippen LogP contribution in [0.4, 0.5) is 5.69 Å². The average Bonchev–Trinajstić information content (AvgIpc) is 2.16. The fourth-order valence-electron chi connectivity index (χ4n) is 1.20. The zero-order valence-electron chi connectivity index (χ0n) is 7.76. The van der Waals surface area contributed by atoms with Crippen LogP contribution >= 0.6 is 27.5 Å². The van der Waals surface area contributed by atoms with Crippen molar-refractivity contribution in [2.45, 2.75) is 17.6 Å². The lowest BCUT2D eigenvalue weighted by Crippen LogP contribution is -2.13. The molecule has 0 aliphatic carbocycles. The third-order valence-electron chi connectivity index (χ3n) is 1.97. The van der Waals surface area contributed by atoms with Crippen LogP contribution in [-0.2, 0) is 5.88 Å². The van der Waals surface area contributed by atoms with Crippen LogP contribution in [0, 0.1) is 0 Å². The number of rotatable bonds is 3. The van der Waals surface area contributed by atoms with E-state index < -0.39 is 0 Å². The maximum absolute atomic E-state index is 11.7. The highest BCUT2D eigenvalue weighted by molar-refractivity contribution is 9.10. The molecule has 4 heteroatoms. The molecule has 14 heavy (non-hydrogen) atoms. The van der Waals surface area contributed by atoms with Gasteiger partial charge in [0, 0.05) is 16.8 Å². The summed E-state index contributed by atoms with van der Waals surface area (Å²) in [6.07, 6.45) is 0. The van der Waals surface area contributed by atoms with Crippen LogP contribution in [0.2, 0.25) is 0 Å². The normalized spacial score (nSPS) is 12.5. The predicted octanol–water partition coefficient (Wildman–Crippen LogP) is 2.97. The summed E-state index contributed by atoms with van der Waals surface area (Å²) in [5.74, 6) is 0.265. The Balaban J connectivity index is 3.20. The SMILES string of the molecule is CC(Br)C(=O)c1cccc(N)c1CCl. The molecule has 0 aromatic heterocycles. The molecule has 1 unspecified atom stereocenters. The molecule has 0 amide bonds. The summed E-state index contributed by atoms with van der Waals surface area (Å²) in [6.45, 7) is 1.78. The van der Waals surface area contributed by atoms with Gasteiger partial charge in [-0.25, -0.2) is 0 Å². The van der Waals surface area contributed by atoms with Gasteiger partial charge in [-0.3, -0.25) is 4.79 Å². The van der Waals surface area contributed by atoms with Gasteiger partial charge < -0.3 is 5.73 Å². The number of hydrogen-bond donors (Lipinski definition) is 1. The Bertz CT molecular complexity index is 352. The summed E-state index contributed by atoms with van der Waals surface area (Å²) in [6, 6.07) is 5.25. The smallest absolute Gasteiger partial charge is 0.176 e. The fraction of sp³-hybridized carbons (Fsp3) is 0.300. The maximum Gasteiger partial charge on any atom is 0.176 e. The van der Waals surface area contributed by atoms with Crippen LogP contribution in [0.25, 0.3) is 0 Å². The number of Topliss-reactive ketones (excluding diaryl/α,β-unsaturated/α-hetero) is 1. The lowest BCUT2D eigenvalue weighted by atomic mass is 10.0. The highest BCUT2D eigenvalue weighted by Gasteiger charge is 2.16. The number of nitrogen functional groups attached to an aromatic ring is 1. The Morgan fingerprint density at radius 1 is 1.64 bits per heavy atom. The first-order chi connectivity index (χ1) is 6.57. The largest absolute Gasteiger partial charge is 0.398 e. The van der Waals surface area contributed by atoms with E-state index in [4.69, 9.17) is 17.3 Å². The first kappa shape index (κ1) is 11.5. The second kappa shape index (κ2) is 4.80. The van der Waals surface area contributed by atoms with E-state index in [0.717, 1.165) is 0 Å². The van der Waals surface area contributed by atoms with Gasteiger partial charge in [0.05, 0.1) is 10.7 Å². The lowest BCUT2D eigenvalue weighted by Gasteiger charge is -2.09. The van der Waals surface area contributed by atoms with E-state index in [2.05, 4.69) is 15.9 Å². The van der Waals surface area contributed by atoms with Crippen LogP contribution in [0.15, 0.2) is 18.2 Å². The topological polar surface area (TPSA) is 43.1 Å². The number of halogens is 2. The molecule has 0 spiro atoms. The van der Waals surface area contributed by atoms with Gasteiger partial charge in [0.1, 0.15) is 0 Å². The minimum atomic E-state index is -0.216. The van der Waals surface area contributed by atoms with E-state index >= 15 is 0 Å². The van der Waals surface area contributed by atoms with E-state index in [-0.39, 0.29) is 16.5 Å². The molecule has 0 aliphatic heterocycles. The summed E-state index contributed by atoms with van der Waals surface area (Å²) in [7, 11) is 0. The van der Waals surface area contributed by atoms with Gasteiger partial charge in [-0.1, -0.05) is 28.1 Å². The van der Waals surface area contributed by atoms with Crippen LogP contribution in [0.1, 0.15) is 22.8 Å². The number of benzene rings is 1. The Kier molecular flexibility index (Phi) is 3.96. The summed E-state index contributed by atoms with van der Waals surface area (Å²) >= 11 is 8.97. The molecule has 1 rings (SSSR count). The highest BCUT2D eigenvalue weighted by Crippen LogP contribution is 2.22. The monoisotopic (exact) mass is 275 g/mol. The van der Waals surface area contributed by atoms with Gasteiger partial charge >= 0.3 is 0 Å². The Labute approximate surface area is 96.6 Å². The Morgan fingerprint density at radius 3 is 2.79 bits per heavy atom. The fourth-order valence-corrected chi connectivity index (χ4v) is 1.74. The Morgan fingerprint density at radius 2 is 2.29 bits per heavy atom. The number of anilines is 1. The molecule has 0 saturated heterocycles. The third kappa shape index (κ3) is 2.28. The molecule has 76 valence electrons. The molecule has 1 atom stereocenters. The van der Waals surface area contributed by atoms with E-state index in [1.54, 1.807) is 25.1 Å². The third-order valence-corrected chi connectivity index (χ3v) is 2.66. The van der Waals surface area contributed by atoms with Crippen molar-refractivity contribution in [3.05, 3.63) is 29.3 Å². The molecule has 2 nitrogen and oxygen atoms in total. The lowest BCUT2D eigenvalue weighted by molar-refractivity contribution is 0.0995. The van der Waals surface area contributed by atoms with Gasteiger partial charge in [-0.15, -0.1) is 11.6 Å². The van der Waals surface area contributed by atoms with Crippen LogP contribution in [-0.4, -0.2) is 10.6 Å². The summed E-state index contributed by atoms with van der Waals surface area (Å²) in [5, 5.41) is 0. The molecule has 0 saturated carbocycles. The van der Waals surface area contributed by atoms with Crippen molar-refractivity contribution in [3.8, 4) is 0 Å². The van der Waals surface area contributed by atoms with Crippen molar-refractivity contribution in [2.24, 2.45) is 0 Å². The molecule has 0 heterocycles. The van der Waals surface area contributed by atoms with Gasteiger partial charge in [0.15, 0.2) is 5.78 Å².